The Morgan fingerprint density at radius 2 is 2.32 bits per heavy atom. The van der Waals surface area contributed by atoms with E-state index in [0.29, 0.717) is 5.92 Å². The van der Waals surface area contributed by atoms with E-state index in [1.165, 1.54) is 0 Å². The number of hydrogen-bond donors (Lipinski definition) is 2. The highest BCUT2D eigenvalue weighted by Crippen LogP contribution is 2.35. The zero-order chi connectivity index (χ0) is 13.9. The van der Waals surface area contributed by atoms with Crippen LogP contribution in [0.3, 0.4) is 0 Å². The van der Waals surface area contributed by atoms with Gasteiger partial charge >= 0.3 is 0 Å². The van der Waals surface area contributed by atoms with E-state index in [2.05, 4.69) is 30.4 Å². The Hall–Kier alpha value is -1.79. The zero-order valence-corrected chi connectivity index (χ0v) is 11.5. The minimum atomic E-state index is -0.313. The van der Waals surface area contributed by atoms with E-state index >= 15 is 0 Å². The van der Waals surface area contributed by atoms with Gasteiger partial charge in [-0.15, -0.1) is 6.42 Å². The average Bonchev–Trinajstić information content (AvgIpc) is 2.89. The second-order valence-electron chi connectivity index (χ2n) is 5.42. The maximum Gasteiger partial charge on any atom is 0.232 e. The minimum absolute atomic E-state index is 0.0849. The van der Waals surface area contributed by atoms with Gasteiger partial charge in [0.05, 0.1) is 5.41 Å². The second kappa shape index (κ2) is 5.46. The van der Waals surface area contributed by atoms with Crippen LogP contribution in [0.25, 0.3) is 0 Å². The van der Waals surface area contributed by atoms with Gasteiger partial charge in [0.15, 0.2) is 0 Å². The molecule has 0 aliphatic carbocycles. The largest absolute Gasteiger partial charge is 0.326 e. The Balaban J connectivity index is 2.18. The Morgan fingerprint density at radius 3 is 2.89 bits per heavy atom. The fourth-order valence-electron chi connectivity index (χ4n) is 2.60. The lowest BCUT2D eigenvalue weighted by atomic mass is 9.75. The third kappa shape index (κ3) is 2.64. The highest BCUT2D eigenvalue weighted by atomic mass is 16.2. The first-order valence-electron chi connectivity index (χ1n) is 6.67. The molecular weight excluding hydrogens is 236 g/mol. The Labute approximate surface area is 114 Å². The fourth-order valence-corrected chi connectivity index (χ4v) is 2.60. The summed E-state index contributed by atoms with van der Waals surface area (Å²) in [5.41, 5.74) is 1.24. The molecular formula is C16H20N2O. The van der Waals surface area contributed by atoms with Gasteiger partial charge in [-0.25, -0.2) is 0 Å². The quantitative estimate of drug-likeness (QED) is 0.814. The van der Waals surface area contributed by atoms with Crippen LogP contribution in [0.4, 0.5) is 5.69 Å². The first kappa shape index (κ1) is 13.6. The van der Waals surface area contributed by atoms with Crippen molar-refractivity contribution in [2.24, 2.45) is 11.3 Å². The molecule has 3 nitrogen and oxygen atoms in total. The summed E-state index contributed by atoms with van der Waals surface area (Å²) in [5.74, 6) is 2.97. The Kier molecular flexibility index (Phi) is 3.92. The van der Waals surface area contributed by atoms with Crippen molar-refractivity contribution in [3.63, 3.8) is 0 Å². The van der Waals surface area contributed by atoms with Crippen LogP contribution in [-0.4, -0.2) is 19.0 Å². The molecule has 19 heavy (non-hydrogen) atoms. The van der Waals surface area contributed by atoms with Gasteiger partial charge in [0, 0.05) is 17.8 Å². The summed E-state index contributed by atoms with van der Waals surface area (Å²) >= 11 is 0. The topological polar surface area (TPSA) is 41.1 Å². The number of benzene rings is 1. The van der Waals surface area contributed by atoms with Crippen LogP contribution < -0.4 is 10.6 Å². The van der Waals surface area contributed by atoms with E-state index in [-0.39, 0.29) is 11.3 Å². The first-order chi connectivity index (χ1) is 9.08. The van der Waals surface area contributed by atoms with Crippen LogP contribution in [0.1, 0.15) is 25.8 Å². The van der Waals surface area contributed by atoms with E-state index in [4.69, 9.17) is 6.42 Å². The van der Waals surface area contributed by atoms with Crippen molar-refractivity contribution < 1.29 is 4.79 Å². The lowest BCUT2D eigenvalue weighted by molar-refractivity contribution is -0.126. The van der Waals surface area contributed by atoms with Gasteiger partial charge in [0.25, 0.3) is 0 Å². The molecule has 0 saturated carbocycles. The van der Waals surface area contributed by atoms with Crippen LogP contribution in [0.5, 0.6) is 0 Å². The summed E-state index contributed by atoms with van der Waals surface area (Å²) in [6.45, 7) is 5.84. The summed E-state index contributed by atoms with van der Waals surface area (Å²) in [7, 11) is 0. The molecule has 1 aromatic rings. The van der Waals surface area contributed by atoms with Crippen LogP contribution in [0.2, 0.25) is 0 Å². The van der Waals surface area contributed by atoms with Crippen molar-refractivity contribution in [1.82, 2.24) is 5.32 Å². The molecule has 1 unspecified atom stereocenters. The summed E-state index contributed by atoms with van der Waals surface area (Å²) in [5, 5.41) is 6.30. The van der Waals surface area contributed by atoms with Gasteiger partial charge in [0.1, 0.15) is 0 Å². The molecule has 1 aliphatic rings. The summed E-state index contributed by atoms with van der Waals surface area (Å²) in [4.78, 5) is 12.6. The highest BCUT2D eigenvalue weighted by Gasteiger charge is 2.43. The number of carbonyl (C=O) groups is 1. The number of terminal acetylenes is 1. The number of anilines is 1. The lowest BCUT2D eigenvalue weighted by Gasteiger charge is -2.31. The van der Waals surface area contributed by atoms with E-state index in [0.717, 1.165) is 30.8 Å². The zero-order valence-electron chi connectivity index (χ0n) is 11.5. The van der Waals surface area contributed by atoms with Crippen LogP contribution >= 0.6 is 0 Å². The van der Waals surface area contributed by atoms with Gasteiger partial charge < -0.3 is 10.6 Å². The minimum Gasteiger partial charge on any atom is -0.326 e. The van der Waals surface area contributed by atoms with Crippen molar-refractivity contribution in [1.29, 1.82) is 0 Å². The maximum absolute atomic E-state index is 12.6. The van der Waals surface area contributed by atoms with Gasteiger partial charge in [-0.05, 0) is 37.1 Å². The van der Waals surface area contributed by atoms with Crippen molar-refractivity contribution in [2.75, 3.05) is 18.4 Å². The molecule has 1 amide bonds. The van der Waals surface area contributed by atoms with Crippen molar-refractivity contribution in [3.05, 3.63) is 29.8 Å². The molecule has 0 aromatic heterocycles. The monoisotopic (exact) mass is 256 g/mol. The molecule has 1 aliphatic heterocycles. The van der Waals surface area contributed by atoms with Crippen molar-refractivity contribution >= 4 is 11.6 Å². The molecule has 0 bridgehead atoms. The molecule has 3 heteroatoms. The standard InChI is InChI=1S/C16H20N2O/c1-4-13-6-5-7-14(10-13)18-15(19)16(12(2)3)8-9-17-11-16/h1,5-7,10,12,17H,8-9,11H2,2-3H3,(H,18,19). The van der Waals surface area contributed by atoms with Gasteiger partial charge in [-0.1, -0.05) is 25.8 Å². The lowest BCUT2D eigenvalue weighted by Crippen LogP contribution is -2.42. The van der Waals surface area contributed by atoms with E-state index < -0.39 is 0 Å². The van der Waals surface area contributed by atoms with Crippen LogP contribution in [-0.2, 0) is 4.79 Å². The number of carbonyl (C=O) groups excluding carboxylic acids is 1. The first-order valence-corrected chi connectivity index (χ1v) is 6.67. The summed E-state index contributed by atoms with van der Waals surface area (Å²) < 4.78 is 0. The average molecular weight is 256 g/mol. The molecule has 1 heterocycles. The highest BCUT2D eigenvalue weighted by molar-refractivity contribution is 5.96. The van der Waals surface area contributed by atoms with Crippen molar-refractivity contribution in [3.8, 4) is 12.3 Å². The Bertz CT molecular complexity index is 508. The number of nitrogens with one attached hydrogen (secondary N) is 2. The predicted octanol–water partition coefficient (Wildman–Crippen LogP) is 2.24. The number of rotatable bonds is 3. The maximum atomic E-state index is 12.6. The molecule has 1 fully saturated rings. The normalized spacial score (nSPS) is 22.2. The molecule has 1 atom stereocenters. The fraction of sp³-hybridized carbons (Fsp3) is 0.438. The molecule has 0 radical (unpaired) electrons. The number of amides is 1. The molecule has 1 saturated heterocycles. The molecule has 0 spiro atoms. The molecule has 2 rings (SSSR count). The molecule has 100 valence electrons. The van der Waals surface area contributed by atoms with E-state index in [1.54, 1.807) is 0 Å². The predicted molar refractivity (Wildman–Crippen MR) is 77.8 cm³/mol. The molecule has 2 N–H and O–H groups in total. The third-order valence-electron chi connectivity index (χ3n) is 4.03. The van der Waals surface area contributed by atoms with E-state index in [9.17, 15) is 4.79 Å². The Morgan fingerprint density at radius 1 is 1.53 bits per heavy atom. The third-order valence-corrected chi connectivity index (χ3v) is 4.03. The van der Waals surface area contributed by atoms with Crippen molar-refractivity contribution in [2.45, 2.75) is 20.3 Å². The van der Waals surface area contributed by atoms with Gasteiger partial charge in [-0.2, -0.15) is 0 Å². The summed E-state index contributed by atoms with van der Waals surface area (Å²) in [6.07, 6.45) is 6.25. The SMILES string of the molecule is C#Cc1cccc(NC(=O)C2(C(C)C)CCNC2)c1. The second-order valence-corrected chi connectivity index (χ2v) is 5.42. The smallest absolute Gasteiger partial charge is 0.232 e. The molecule has 1 aromatic carbocycles. The number of hydrogen-bond acceptors (Lipinski definition) is 2. The van der Waals surface area contributed by atoms with E-state index in [1.807, 2.05) is 24.3 Å². The van der Waals surface area contributed by atoms with Crippen LogP contribution in [0.15, 0.2) is 24.3 Å². The summed E-state index contributed by atoms with van der Waals surface area (Å²) in [6, 6.07) is 7.41. The van der Waals surface area contributed by atoms with Gasteiger partial charge in [0.2, 0.25) is 5.91 Å². The van der Waals surface area contributed by atoms with Gasteiger partial charge in [-0.3, -0.25) is 4.79 Å². The van der Waals surface area contributed by atoms with Crippen LogP contribution in [0, 0.1) is 23.7 Å².